The van der Waals surface area contributed by atoms with Gasteiger partial charge in [-0.25, -0.2) is 4.98 Å². The fourth-order valence-corrected chi connectivity index (χ4v) is 4.09. The number of aromatic nitrogens is 2. The summed E-state index contributed by atoms with van der Waals surface area (Å²) in [7, 11) is 2.52. The van der Waals surface area contributed by atoms with Crippen molar-refractivity contribution in [2.24, 2.45) is 5.92 Å². The Kier molecular flexibility index (Phi) is 7.31. The molecule has 0 spiro atoms. The first kappa shape index (κ1) is 24.2. The van der Waals surface area contributed by atoms with Crippen LogP contribution in [-0.2, 0) is 22.6 Å². The highest BCUT2D eigenvalue weighted by molar-refractivity contribution is 6.53. The lowest BCUT2D eigenvalue weighted by molar-refractivity contribution is -0.142. The first-order valence-electron chi connectivity index (χ1n) is 11.4. The topological polar surface area (TPSA) is 108 Å². The summed E-state index contributed by atoms with van der Waals surface area (Å²) in [6, 6.07) is 14.2. The molecule has 3 aromatic rings. The summed E-state index contributed by atoms with van der Waals surface area (Å²) >= 11 is 0. The van der Waals surface area contributed by atoms with Crippen LogP contribution < -0.4 is 19.8 Å². The van der Waals surface area contributed by atoms with Crippen LogP contribution in [0, 0.1) is 5.92 Å². The van der Waals surface area contributed by atoms with Crippen molar-refractivity contribution in [1.82, 2.24) is 15.3 Å². The molecular weight excluding hydrogens is 445 g/mol. The fraction of sp³-hybridized carbons (Fsp3) is 0.280. The average Bonchev–Trinajstić information content (AvgIpc) is 2.89. The fourth-order valence-electron chi connectivity index (χ4n) is 4.09. The highest BCUT2D eigenvalue weighted by Gasteiger charge is 2.45. The quantitative estimate of drug-likeness (QED) is 0.361. The number of hydrogen-bond donors (Lipinski definition) is 2. The number of nitrogens with zero attached hydrogens (tertiary/aromatic N) is 4. The zero-order valence-corrected chi connectivity index (χ0v) is 20.0. The van der Waals surface area contributed by atoms with Gasteiger partial charge in [-0.3, -0.25) is 14.6 Å². The maximum atomic E-state index is 13.0. The van der Waals surface area contributed by atoms with Gasteiger partial charge in [-0.2, -0.15) is 0 Å². The Bertz CT molecular complexity index is 1180. The Morgan fingerprint density at radius 1 is 1.11 bits per heavy atom. The predicted octanol–water partition coefficient (Wildman–Crippen LogP) is 1.92. The zero-order chi connectivity index (χ0) is 24.9. The highest BCUT2D eigenvalue weighted by Crippen LogP contribution is 2.26. The first-order valence-corrected chi connectivity index (χ1v) is 11.4. The van der Waals surface area contributed by atoms with Crippen LogP contribution in [0.15, 0.2) is 67.1 Å². The molecule has 0 bridgehead atoms. The normalized spacial score (nSPS) is 16.6. The van der Waals surface area contributed by atoms with Crippen molar-refractivity contribution < 1.29 is 19.3 Å². The molecule has 0 unspecified atom stereocenters. The Hall–Kier alpha value is -3.92. The number of amides is 2. The van der Waals surface area contributed by atoms with Crippen LogP contribution >= 0.6 is 0 Å². The number of methoxy groups -OCH3 is 1. The number of nitrogens with one attached hydrogen (secondary N) is 1. The predicted molar refractivity (Wildman–Crippen MR) is 134 cm³/mol. The summed E-state index contributed by atoms with van der Waals surface area (Å²) < 4.78 is 5.21. The summed E-state index contributed by atoms with van der Waals surface area (Å²) in [5, 5.41) is 13.2. The van der Waals surface area contributed by atoms with Crippen molar-refractivity contribution >= 4 is 30.4 Å². The third-order valence-corrected chi connectivity index (χ3v) is 6.21. The van der Waals surface area contributed by atoms with Gasteiger partial charge in [-0.15, -0.1) is 0 Å². The van der Waals surface area contributed by atoms with E-state index < -0.39 is 19.0 Å². The second-order valence-corrected chi connectivity index (χ2v) is 8.53. The number of anilines is 2. The van der Waals surface area contributed by atoms with Crippen LogP contribution in [0.3, 0.4) is 0 Å². The molecule has 180 valence electrons. The number of β-lactam (4-membered cyclic amide) rings is 1. The molecular formula is C25H28BN5O4. The van der Waals surface area contributed by atoms with E-state index in [0.717, 1.165) is 16.9 Å². The number of pyridine rings is 2. The number of carbonyl (C=O) groups excluding carboxylic acids is 2. The van der Waals surface area contributed by atoms with Gasteiger partial charge in [0.05, 0.1) is 13.0 Å². The average molecular weight is 473 g/mol. The smallest absolute Gasteiger partial charge is 0.410 e. The summed E-state index contributed by atoms with van der Waals surface area (Å²) in [6.45, 7) is 2.13. The van der Waals surface area contributed by atoms with Crippen LogP contribution in [-0.4, -0.2) is 54.1 Å². The number of benzene rings is 1. The van der Waals surface area contributed by atoms with E-state index in [4.69, 9.17) is 4.74 Å². The molecule has 2 amide bonds. The molecule has 0 radical (unpaired) electrons. The molecule has 35 heavy (non-hydrogen) atoms. The zero-order valence-electron chi connectivity index (χ0n) is 20.0. The molecule has 2 atom stereocenters. The minimum atomic E-state index is -0.782. The minimum Gasteiger partial charge on any atom is -0.497 e. The van der Waals surface area contributed by atoms with E-state index in [-0.39, 0.29) is 11.8 Å². The third kappa shape index (κ3) is 5.43. The van der Waals surface area contributed by atoms with Crippen LogP contribution in [0.25, 0.3) is 0 Å². The summed E-state index contributed by atoms with van der Waals surface area (Å²) in [5.41, 5.74) is 2.56. The van der Waals surface area contributed by atoms with Gasteiger partial charge in [0.25, 0.3) is 0 Å². The molecule has 1 fully saturated rings. The number of carbonyl (C=O) groups is 2. The van der Waals surface area contributed by atoms with Gasteiger partial charge in [0.15, 0.2) is 0 Å². The summed E-state index contributed by atoms with van der Waals surface area (Å²) in [6.07, 6.45) is 5.28. The van der Waals surface area contributed by atoms with Crippen LogP contribution in [0.2, 0.25) is 6.82 Å². The van der Waals surface area contributed by atoms with Gasteiger partial charge in [0.1, 0.15) is 17.6 Å². The van der Waals surface area contributed by atoms with Crippen molar-refractivity contribution in [3.63, 3.8) is 0 Å². The van der Waals surface area contributed by atoms with Crippen molar-refractivity contribution in [3.05, 3.63) is 78.2 Å². The molecule has 2 N–H and O–H groups in total. The van der Waals surface area contributed by atoms with E-state index in [0.29, 0.717) is 24.5 Å². The standard InChI is InChI=1S/C25H28BN5O4/c1-26(34)31(16-17-4-6-20(35-3)7-5-17)22-15-18(8-13-28-22)14-21-23(29-24(21)32)25(33)30(2)19-9-11-27-12-10-19/h4-13,15,21,23,34H,14,16H2,1-3H3,(H,29,32)/t21-,23+/m1/s1. The SMILES string of the molecule is COc1ccc(CN(B(C)O)c2cc(C[C@H]3C(=O)N[C@@H]3C(=O)N(C)c3ccncc3)ccn2)cc1. The lowest BCUT2D eigenvalue weighted by Crippen LogP contribution is -2.65. The number of rotatable bonds is 9. The van der Waals surface area contributed by atoms with E-state index in [2.05, 4.69) is 15.3 Å². The monoisotopic (exact) mass is 473 g/mol. The molecule has 0 saturated carbocycles. The summed E-state index contributed by atoms with van der Waals surface area (Å²) in [5.74, 6) is 0.527. The largest absolute Gasteiger partial charge is 0.497 e. The van der Waals surface area contributed by atoms with Crippen molar-refractivity contribution in [1.29, 1.82) is 0 Å². The lowest BCUT2D eigenvalue weighted by atomic mass is 9.83. The van der Waals surface area contributed by atoms with Gasteiger partial charge >= 0.3 is 7.05 Å². The Labute approximate surface area is 204 Å². The van der Waals surface area contributed by atoms with E-state index in [1.54, 1.807) is 56.5 Å². The maximum Gasteiger partial charge on any atom is 0.410 e. The maximum absolute atomic E-state index is 13.0. The van der Waals surface area contributed by atoms with Crippen molar-refractivity contribution in [3.8, 4) is 5.75 Å². The van der Waals surface area contributed by atoms with Gasteiger partial charge in [-0.05, 0) is 60.8 Å². The van der Waals surface area contributed by atoms with Gasteiger partial charge in [0.2, 0.25) is 11.8 Å². The highest BCUT2D eigenvalue weighted by atomic mass is 16.5. The van der Waals surface area contributed by atoms with Gasteiger partial charge in [-0.1, -0.05) is 12.1 Å². The number of likely N-dealkylation sites (N-methyl/N-ethyl adjacent to an activating group) is 1. The minimum absolute atomic E-state index is 0.157. The first-order chi connectivity index (χ1) is 16.9. The molecule has 1 aliphatic heterocycles. The molecule has 9 nitrogen and oxygen atoms in total. The van der Waals surface area contributed by atoms with E-state index in [9.17, 15) is 14.6 Å². The van der Waals surface area contributed by atoms with Crippen LogP contribution in [0.4, 0.5) is 11.5 Å². The molecule has 3 heterocycles. The second kappa shape index (κ2) is 10.6. The molecule has 0 aliphatic carbocycles. The second-order valence-electron chi connectivity index (χ2n) is 8.53. The molecule has 2 aromatic heterocycles. The van der Waals surface area contributed by atoms with E-state index >= 15 is 0 Å². The Morgan fingerprint density at radius 2 is 1.83 bits per heavy atom. The van der Waals surface area contributed by atoms with Crippen LogP contribution in [0.1, 0.15) is 11.1 Å². The summed E-state index contributed by atoms with van der Waals surface area (Å²) in [4.78, 5) is 37.1. The Balaban J connectivity index is 1.48. The molecule has 1 aliphatic rings. The van der Waals surface area contributed by atoms with E-state index in [1.807, 2.05) is 36.4 Å². The van der Waals surface area contributed by atoms with Gasteiger partial charge < -0.3 is 24.8 Å². The number of ether oxygens (including phenoxy) is 1. The van der Waals surface area contributed by atoms with Crippen molar-refractivity contribution in [2.45, 2.75) is 25.8 Å². The Morgan fingerprint density at radius 3 is 2.46 bits per heavy atom. The van der Waals surface area contributed by atoms with E-state index in [1.165, 1.54) is 4.90 Å². The van der Waals surface area contributed by atoms with Crippen LogP contribution in [0.5, 0.6) is 5.75 Å². The molecule has 10 heteroatoms. The molecule has 4 rings (SSSR count). The lowest BCUT2D eigenvalue weighted by Gasteiger charge is -2.38. The number of hydrogen-bond acceptors (Lipinski definition) is 7. The third-order valence-electron chi connectivity index (χ3n) is 6.21. The van der Waals surface area contributed by atoms with Gasteiger partial charge in [0, 0.05) is 37.9 Å². The molecule has 1 saturated heterocycles. The van der Waals surface area contributed by atoms with Crippen molar-refractivity contribution in [2.75, 3.05) is 23.9 Å². The molecule has 1 aromatic carbocycles.